The highest BCUT2D eigenvalue weighted by Gasteiger charge is 2.49. The Morgan fingerprint density at radius 2 is 1.71 bits per heavy atom. The molecule has 2 aliphatic rings. The van der Waals surface area contributed by atoms with Crippen molar-refractivity contribution in [2.75, 3.05) is 4.90 Å². The van der Waals surface area contributed by atoms with E-state index < -0.39 is 0 Å². The van der Waals surface area contributed by atoms with E-state index in [9.17, 15) is 4.79 Å². The Labute approximate surface area is 167 Å². The summed E-state index contributed by atoms with van der Waals surface area (Å²) in [6, 6.07) is 20.0. The zero-order valence-corrected chi connectivity index (χ0v) is 17.0. The summed E-state index contributed by atoms with van der Waals surface area (Å²) >= 11 is 0. The Balaban J connectivity index is 1.67. The predicted molar refractivity (Wildman–Crippen MR) is 114 cm³/mol. The average Bonchev–Trinajstić information content (AvgIpc) is 2.97. The number of amides is 2. The van der Waals surface area contributed by atoms with Crippen molar-refractivity contribution in [2.45, 2.75) is 52.1 Å². The van der Waals surface area contributed by atoms with Gasteiger partial charge in [0.25, 0.3) is 0 Å². The first-order chi connectivity index (χ1) is 13.5. The van der Waals surface area contributed by atoms with Gasteiger partial charge in [-0.2, -0.15) is 5.10 Å². The van der Waals surface area contributed by atoms with Crippen LogP contribution in [-0.2, 0) is 6.54 Å². The van der Waals surface area contributed by atoms with Gasteiger partial charge in [-0.15, -0.1) is 0 Å². The Bertz CT molecular complexity index is 860. The van der Waals surface area contributed by atoms with E-state index in [4.69, 9.17) is 5.10 Å². The number of rotatable bonds is 3. The standard InChI is InChI=1S/C24H29N3O/c1-18-14-15-21-22(16-18)25-27(24(21,2)3)23(28)26(20-12-8-5-9-13-20)17-19-10-6-4-7-11-19/h4-13,18,21H,14-17H2,1-3H3/t18-,21?/m1/s1. The van der Waals surface area contributed by atoms with Crippen LogP contribution in [0.1, 0.15) is 45.6 Å². The molecule has 1 aliphatic heterocycles. The van der Waals surface area contributed by atoms with Gasteiger partial charge in [0.05, 0.1) is 12.1 Å². The number of hydrazone groups is 1. The molecule has 2 amide bonds. The van der Waals surface area contributed by atoms with E-state index in [0.717, 1.165) is 24.1 Å². The molecular formula is C24H29N3O. The molecule has 146 valence electrons. The fourth-order valence-corrected chi connectivity index (χ4v) is 4.54. The Hall–Kier alpha value is -2.62. The zero-order valence-electron chi connectivity index (χ0n) is 17.0. The summed E-state index contributed by atoms with van der Waals surface area (Å²) in [6.45, 7) is 7.13. The maximum atomic E-state index is 13.7. The number of nitrogens with zero attached hydrogens (tertiary/aromatic N) is 3. The van der Waals surface area contributed by atoms with Crippen molar-refractivity contribution < 1.29 is 4.79 Å². The lowest BCUT2D eigenvalue weighted by Gasteiger charge is -2.38. The van der Waals surface area contributed by atoms with Gasteiger partial charge in [0.2, 0.25) is 0 Å². The summed E-state index contributed by atoms with van der Waals surface area (Å²) in [6.07, 6.45) is 3.32. The molecule has 1 aliphatic carbocycles. The van der Waals surface area contributed by atoms with E-state index in [-0.39, 0.29) is 11.6 Å². The smallest absolute Gasteiger partial charge is 0.288 e. The van der Waals surface area contributed by atoms with Gasteiger partial charge in [-0.1, -0.05) is 55.5 Å². The molecule has 4 heteroatoms. The number of fused-ring (bicyclic) bond motifs is 1. The number of hydrogen-bond donors (Lipinski definition) is 0. The minimum atomic E-state index is -0.295. The van der Waals surface area contributed by atoms with Gasteiger partial charge in [0.1, 0.15) is 0 Å². The summed E-state index contributed by atoms with van der Waals surface area (Å²) in [7, 11) is 0. The van der Waals surface area contributed by atoms with Gasteiger partial charge in [0.15, 0.2) is 0 Å². The summed E-state index contributed by atoms with van der Waals surface area (Å²) in [5, 5.41) is 6.61. The van der Waals surface area contributed by atoms with E-state index in [1.165, 1.54) is 12.1 Å². The molecule has 2 aromatic carbocycles. The molecule has 1 heterocycles. The molecule has 1 saturated carbocycles. The first kappa shape index (κ1) is 18.7. The van der Waals surface area contributed by atoms with Crippen LogP contribution in [0.2, 0.25) is 0 Å². The molecule has 0 spiro atoms. The van der Waals surface area contributed by atoms with Crippen LogP contribution in [0.4, 0.5) is 10.5 Å². The molecule has 0 radical (unpaired) electrons. The van der Waals surface area contributed by atoms with Gasteiger partial charge >= 0.3 is 6.03 Å². The third-order valence-electron chi connectivity index (χ3n) is 6.20. The summed E-state index contributed by atoms with van der Waals surface area (Å²) in [4.78, 5) is 15.6. The van der Waals surface area contributed by atoms with Crippen molar-refractivity contribution in [3.8, 4) is 0 Å². The molecule has 4 nitrogen and oxygen atoms in total. The molecule has 0 aromatic heterocycles. The molecule has 28 heavy (non-hydrogen) atoms. The first-order valence-electron chi connectivity index (χ1n) is 10.2. The topological polar surface area (TPSA) is 35.9 Å². The molecule has 2 aromatic rings. The van der Waals surface area contributed by atoms with Crippen LogP contribution >= 0.6 is 0 Å². The lowest BCUT2D eigenvalue weighted by molar-refractivity contribution is 0.131. The van der Waals surface area contributed by atoms with Crippen LogP contribution in [0.5, 0.6) is 0 Å². The lowest BCUT2D eigenvalue weighted by atomic mass is 9.73. The molecule has 2 atom stereocenters. The highest BCUT2D eigenvalue weighted by molar-refractivity contribution is 5.98. The molecule has 4 rings (SSSR count). The third-order valence-corrected chi connectivity index (χ3v) is 6.20. The van der Waals surface area contributed by atoms with Gasteiger partial charge < -0.3 is 0 Å². The van der Waals surface area contributed by atoms with E-state index in [1.807, 2.05) is 53.4 Å². The molecule has 0 saturated heterocycles. The Kier molecular flexibility index (Phi) is 4.96. The van der Waals surface area contributed by atoms with E-state index in [2.05, 4.69) is 32.9 Å². The van der Waals surface area contributed by atoms with Gasteiger partial charge in [-0.25, -0.2) is 9.80 Å². The number of urea groups is 1. The quantitative estimate of drug-likeness (QED) is 0.678. The van der Waals surface area contributed by atoms with Crippen LogP contribution in [-0.4, -0.2) is 22.3 Å². The van der Waals surface area contributed by atoms with Crippen LogP contribution in [0.25, 0.3) is 0 Å². The number of anilines is 1. The summed E-state index contributed by atoms with van der Waals surface area (Å²) < 4.78 is 0. The molecular weight excluding hydrogens is 346 g/mol. The third kappa shape index (κ3) is 3.44. The summed E-state index contributed by atoms with van der Waals surface area (Å²) in [5.74, 6) is 1.01. The fraction of sp³-hybridized carbons (Fsp3) is 0.417. The number of para-hydroxylation sites is 1. The second kappa shape index (κ2) is 7.42. The SMILES string of the molecule is C[C@@H]1CCC2C(=NN(C(=O)N(Cc3ccccc3)c3ccccc3)C2(C)C)C1. The van der Waals surface area contributed by atoms with Gasteiger partial charge in [-0.3, -0.25) is 4.90 Å². The predicted octanol–water partition coefficient (Wildman–Crippen LogP) is 5.70. The number of benzene rings is 2. The first-order valence-corrected chi connectivity index (χ1v) is 10.2. The van der Waals surface area contributed by atoms with Crippen molar-refractivity contribution in [2.24, 2.45) is 16.9 Å². The monoisotopic (exact) mass is 375 g/mol. The fourth-order valence-electron chi connectivity index (χ4n) is 4.54. The van der Waals surface area contributed by atoms with Crippen molar-refractivity contribution in [1.82, 2.24) is 5.01 Å². The maximum absolute atomic E-state index is 13.7. The average molecular weight is 376 g/mol. The molecule has 1 unspecified atom stereocenters. The number of carbonyl (C=O) groups is 1. The van der Waals surface area contributed by atoms with Crippen molar-refractivity contribution >= 4 is 17.4 Å². The zero-order chi connectivity index (χ0) is 19.7. The normalized spacial score (nSPS) is 23.1. The highest BCUT2D eigenvalue weighted by atomic mass is 16.2. The van der Waals surface area contributed by atoms with Crippen molar-refractivity contribution in [3.05, 3.63) is 66.2 Å². The maximum Gasteiger partial charge on any atom is 0.345 e. The Morgan fingerprint density at radius 1 is 1.07 bits per heavy atom. The molecule has 0 N–H and O–H groups in total. The van der Waals surface area contributed by atoms with E-state index >= 15 is 0 Å². The van der Waals surface area contributed by atoms with Crippen LogP contribution < -0.4 is 4.90 Å². The highest BCUT2D eigenvalue weighted by Crippen LogP contribution is 2.42. The minimum absolute atomic E-state index is 0.0467. The van der Waals surface area contributed by atoms with E-state index in [1.54, 1.807) is 5.01 Å². The Morgan fingerprint density at radius 3 is 2.39 bits per heavy atom. The second-order valence-corrected chi connectivity index (χ2v) is 8.69. The minimum Gasteiger partial charge on any atom is -0.288 e. The van der Waals surface area contributed by atoms with E-state index in [0.29, 0.717) is 18.4 Å². The lowest BCUT2D eigenvalue weighted by Crippen LogP contribution is -2.51. The van der Waals surface area contributed by atoms with Crippen molar-refractivity contribution in [3.63, 3.8) is 0 Å². The number of carbonyl (C=O) groups excluding carboxylic acids is 1. The van der Waals surface area contributed by atoms with Crippen molar-refractivity contribution in [1.29, 1.82) is 0 Å². The summed E-state index contributed by atoms with van der Waals surface area (Å²) in [5.41, 5.74) is 2.91. The number of hydrogen-bond acceptors (Lipinski definition) is 2. The molecule has 1 fully saturated rings. The van der Waals surface area contributed by atoms with Crippen LogP contribution in [0.3, 0.4) is 0 Å². The molecule has 0 bridgehead atoms. The second-order valence-electron chi connectivity index (χ2n) is 8.69. The van der Waals surface area contributed by atoms with Crippen LogP contribution in [0, 0.1) is 11.8 Å². The van der Waals surface area contributed by atoms with Gasteiger partial charge in [-0.05, 0) is 56.7 Å². The largest absolute Gasteiger partial charge is 0.345 e. The van der Waals surface area contributed by atoms with Crippen LogP contribution in [0.15, 0.2) is 65.8 Å². The van der Waals surface area contributed by atoms with Gasteiger partial charge in [0, 0.05) is 17.3 Å².